The summed E-state index contributed by atoms with van der Waals surface area (Å²) in [5.74, 6) is 0. The first-order chi connectivity index (χ1) is 8.20. The van der Waals surface area contributed by atoms with Crippen LogP contribution in [0.2, 0.25) is 0 Å². The molecule has 2 heterocycles. The van der Waals surface area contributed by atoms with Crippen molar-refractivity contribution in [3.63, 3.8) is 0 Å². The van der Waals surface area contributed by atoms with Gasteiger partial charge in [-0.1, -0.05) is 11.4 Å². The van der Waals surface area contributed by atoms with Gasteiger partial charge in [0.15, 0.2) is 0 Å². The largest absolute Gasteiger partial charge is 0.309 e. The molecule has 3 nitrogen and oxygen atoms in total. The standard InChI is InChI=1S/C11H14BrN3S2/c1-3-13-10(11-7(2)14-15-17-11)5-9-4-8(12)6-16-9/h4,6,10,13H,3,5H2,1-2H3. The second-order valence-corrected chi connectivity index (χ2v) is 6.47. The number of nitrogens with one attached hydrogen (secondary N) is 1. The Morgan fingerprint density at radius 3 is 2.88 bits per heavy atom. The fourth-order valence-corrected chi connectivity index (χ4v) is 3.94. The van der Waals surface area contributed by atoms with E-state index in [0.29, 0.717) is 6.04 Å². The third-order valence-electron chi connectivity index (χ3n) is 2.48. The van der Waals surface area contributed by atoms with E-state index in [9.17, 15) is 0 Å². The van der Waals surface area contributed by atoms with Crippen LogP contribution in [0.15, 0.2) is 15.9 Å². The highest BCUT2D eigenvalue weighted by molar-refractivity contribution is 9.10. The zero-order valence-corrected chi connectivity index (χ0v) is 13.0. The van der Waals surface area contributed by atoms with E-state index in [4.69, 9.17) is 0 Å². The maximum absolute atomic E-state index is 4.09. The van der Waals surface area contributed by atoms with E-state index in [1.807, 2.05) is 6.92 Å². The van der Waals surface area contributed by atoms with Crippen LogP contribution in [0.25, 0.3) is 0 Å². The molecular weight excluding hydrogens is 318 g/mol. The van der Waals surface area contributed by atoms with Gasteiger partial charge in [0.05, 0.1) is 10.6 Å². The Balaban J connectivity index is 2.15. The predicted molar refractivity (Wildman–Crippen MR) is 76.8 cm³/mol. The summed E-state index contributed by atoms with van der Waals surface area (Å²) in [6.45, 7) is 5.10. The zero-order chi connectivity index (χ0) is 12.3. The minimum atomic E-state index is 0.325. The van der Waals surface area contributed by atoms with Gasteiger partial charge in [0, 0.05) is 27.2 Å². The van der Waals surface area contributed by atoms with Gasteiger partial charge in [0.2, 0.25) is 0 Å². The molecule has 0 saturated heterocycles. The van der Waals surface area contributed by atoms with Crippen molar-refractivity contribution in [2.24, 2.45) is 0 Å². The summed E-state index contributed by atoms with van der Waals surface area (Å²) in [4.78, 5) is 2.62. The maximum Gasteiger partial charge on any atom is 0.0772 e. The zero-order valence-electron chi connectivity index (χ0n) is 9.74. The lowest BCUT2D eigenvalue weighted by molar-refractivity contribution is 0.558. The van der Waals surface area contributed by atoms with Crippen molar-refractivity contribution >= 4 is 38.8 Å². The molecule has 0 fully saturated rings. The molecule has 0 spiro atoms. The van der Waals surface area contributed by atoms with Gasteiger partial charge in [-0.05, 0) is 47.0 Å². The van der Waals surface area contributed by atoms with Crippen LogP contribution < -0.4 is 5.32 Å². The summed E-state index contributed by atoms with van der Waals surface area (Å²) in [6, 6.07) is 2.50. The molecule has 0 aromatic carbocycles. The van der Waals surface area contributed by atoms with Crippen molar-refractivity contribution in [1.82, 2.24) is 14.9 Å². The lowest BCUT2D eigenvalue weighted by Crippen LogP contribution is -2.22. The summed E-state index contributed by atoms with van der Waals surface area (Å²) >= 11 is 6.77. The molecule has 0 bridgehead atoms. The molecule has 2 aromatic rings. The van der Waals surface area contributed by atoms with Crippen molar-refractivity contribution in [3.05, 3.63) is 31.4 Å². The molecule has 2 aromatic heterocycles. The normalized spacial score (nSPS) is 12.9. The van der Waals surface area contributed by atoms with Crippen LogP contribution in [0.5, 0.6) is 0 Å². The van der Waals surface area contributed by atoms with Gasteiger partial charge in [-0.15, -0.1) is 16.4 Å². The minimum absolute atomic E-state index is 0.325. The number of thiophene rings is 1. The van der Waals surface area contributed by atoms with Gasteiger partial charge < -0.3 is 5.32 Å². The van der Waals surface area contributed by atoms with E-state index < -0.39 is 0 Å². The molecular formula is C11H14BrN3S2. The Morgan fingerprint density at radius 2 is 2.35 bits per heavy atom. The van der Waals surface area contributed by atoms with E-state index in [1.165, 1.54) is 21.3 Å². The summed E-state index contributed by atoms with van der Waals surface area (Å²) in [5.41, 5.74) is 1.04. The topological polar surface area (TPSA) is 37.8 Å². The smallest absolute Gasteiger partial charge is 0.0772 e. The first kappa shape index (κ1) is 13.1. The van der Waals surface area contributed by atoms with E-state index in [0.717, 1.165) is 23.1 Å². The number of nitrogens with zero attached hydrogens (tertiary/aromatic N) is 2. The Bertz CT molecular complexity index is 481. The number of likely N-dealkylation sites (N-methyl/N-ethyl adjacent to an activating group) is 1. The minimum Gasteiger partial charge on any atom is -0.309 e. The SMILES string of the molecule is CCNC(Cc1cc(Br)cs1)c1snnc1C. The average Bonchev–Trinajstić information content (AvgIpc) is 2.87. The van der Waals surface area contributed by atoms with Crippen molar-refractivity contribution in [1.29, 1.82) is 0 Å². The molecule has 17 heavy (non-hydrogen) atoms. The lowest BCUT2D eigenvalue weighted by atomic mass is 10.1. The third-order valence-corrected chi connectivity index (χ3v) is 5.14. The summed E-state index contributed by atoms with van der Waals surface area (Å²) < 4.78 is 5.18. The maximum atomic E-state index is 4.09. The van der Waals surface area contributed by atoms with E-state index in [1.54, 1.807) is 11.3 Å². The Kier molecular flexibility index (Phi) is 4.67. The average molecular weight is 332 g/mol. The molecule has 92 valence electrons. The Labute approximate surface area is 118 Å². The fraction of sp³-hybridized carbons (Fsp3) is 0.455. The number of aromatic nitrogens is 2. The molecule has 1 atom stereocenters. The van der Waals surface area contributed by atoms with Crippen molar-refractivity contribution in [3.8, 4) is 0 Å². The second-order valence-electron chi connectivity index (χ2n) is 3.77. The molecule has 0 amide bonds. The van der Waals surface area contributed by atoms with Gasteiger partial charge in [0.25, 0.3) is 0 Å². The van der Waals surface area contributed by atoms with Gasteiger partial charge in [-0.2, -0.15) is 0 Å². The number of rotatable bonds is 5. The van der Waals surface area contributed by atoms with Crippen LogP contribution in [-0.2, 0) is 6.42 Å². The quantitative estimate of drug-likeness (QED) is 0.910. The van der Waals surface area contributed by atoms with Crippen LogP contribution in [0.4, 0.5) is 0 Å². The van der Waals surface area contributed by atoms with Gasteiger partial charge in [0.1, 0.15) is 0 Å². The van der Waals surface area contributed by atoms with Gasteiger partial charge >= 0.3 is 0 Å². The van der Waals surface area contributed by atoms with Gasteiger partial charge in [-0.25, -0.2) is 0 Å². The van der Waals surface area contributed by atoms with E-state index in [2.05, 4.69) is 49.2 Å². The second kappa shape index (κ2) is 6.04. The Morgan fingerprint density at radius 1 is 1.53 bits per heavy atom. The molecule has 2 rings (SSSR count). The molecule has 0 saturated carbocycles. The summed E-state index contributed by atoms with van der Waals surface area (Å²) in [6.07, 6.45) is 0.995. The van der Waals surface area contributed by atoms with Crippen LogP contribution in [0.1, 0.15) is 28.4 Å². The van der Waals surface area contributed by atoms with E-state index in [-0.39, 0.29) is 0 Å². The van der Waals surface area contributed by atoms with Crippen molar-refractivity contribution in [2.75, 3.05) is 6.54 Å². The number of hydrogen-bond donors (Lipinski definition) is 1. The summed E-state index contributed by atoms with van der Waals surface area (Å²) in [5, 5.41) is 9.72. The Hall–Kier alpha value is -0.300. The number of aryl methyl sites for hydroxylation is 1. The van der Waals surface area contributed by atoms with Crippen molar-refractivity contribution in [2.45, 2.75) is 26.3 Å². The summed E-state index contributed by atoms with van der Waals surface area (Å²) in [7, 11) is 0. The van der Waals surface area contributed by atoms with Crippen molar-refractivity contribution < 1.29 is 0 Å². The number of hydrogen-bond acceptors (Lipinski definition) is 5. The highest BCUT2D eigenvalue weighted by Crippen LogP contribution is 2.28. The molecule has 6 heteroatoms. The molecule has 0 aliphatic heterocycles. The molecule has 0 aliphatic rings. The first-order valence-electron chi connectivity index (χ1n) is 5.45. The molecule has 1 N–H and O–H groups in total. The van der Waals surface area contributed by atoms with Crippen LogP contribution >= 0.6 is 38.8 Å². The van der Waals surface area contributed by atoms with Crippen LogP contribution in [-0.4, -0.2) is 16.1 Å². The van der Waals surface area contributed by atoms with E-state index >= 15 is 0 Å². The lowest BCUT2D eigenvalue weighted by Gasteiger charge is -2.15. The fourth-order valence-electron chi connectivity index (χ4n) is 1.72. The van der Waals surface area contributed by atoms with Crippen LogP contribution in [0, 0.1) is 6.92 Å². The predicted octanol–water partition coefficient (Wildman–Crippen LogP) is 3.56. The van der Waals surface area contributed by atoms with Crippen LogP contribution in [0.3, 0.4) is 0 Å². The molecule has 0 radical (unpaired) electrons. The molecule has 0 aliphatic carbocycles. The number of halogens is 1. The van der Waals surface area contributed by atoms with Gasteiger partial charge in [-0.3, -0.25) is 0 Å². The highest BCUT2D eigenvalue weighted by atomic mass is 79.9. The highest BCUT2D eigenvalue weighted by Gasteiger charge is 2.17. The molecule has 1 unspecified atom stereocenters. The third kappa shape index (κ3) is 3.34. The monoisotopic (exact) mass is 331 g/mol. The first-order valence-corrected chi connectivity index (χ1v) is 7.90.